The van der Waals surface area contributed by atoms with Gasteiger partial charge in [-0.3, -0.25) is 9.36 Å². The van der Waals surface area contributed by atoms with Crippen LogP contribution in [0.2, 0.25) is 5.02 Å². The van der Waals surface area contributed by atoms with Crippen molar-refractivity contribution in [2.24, 2.45) is 0 Å². The number of benzene rings is 1. The fourth-order valence-electron chi connectivity index (χ4n) is 3.40. The van der Waals surface area contributed by atoms with E-state index in [2.05, 4.69) is 5.16 Å². The standard InChI is InChI=1S/C22H22ClN3O3S2/c1-13-16(14(2)29-25-13)11-31-22-24-20-19(21(27)26(22)9-6-10-28-3)17(12-30-20)15-7-4-5-8-18(15)23/h4-5,7-8,12H,6,9-11H2,1-3H3. The van der Waals surface area contributed by atoms with Crippen molar-refractivity contribution in [1.29, 1.82) is 0 Å². The highest BCUT2D eigenvalue weighted by molar-refractivity contribution is 7.98. The number of thioether (sulfide) groups is 1. The van der Waals surface area contributed by atoms with Gasteiger partial charge < -0.3 is 9.26 Å². The van der Waals surface area contributed by atoms with Gasteiger partial charge in [0.25, 0.3) is 5.56 Å². The number of halogens is 1. The van der Waals surface area contributed by atoms with E-state index in [0.29, 0.717) is 45.7 Å². The highest BCUT2D eigenvalue weighted by Crippen LogP contribution is 2.36. The average Bonchev–Trinajstić information content (AvgIpc) is 3.32. The normalized spacial score (nSPS) is 11.5. The van der Waals surface area contributed by atoms with Crippen molar-refractivity contribution in [2.75, 3.05) is 13.7 Å². The molecule has 4 aromatic rings. The molecule has 6 nitrogen and oxygen atoms in total. The molecule has 3 aromatic heterocycles. The third-order valence-corrected chi connectivity index (χ3v) is 7.28. The van der Waals surface area contributed by atoms with Crippen LogP contribution < -0.4 is 5.56 Å². The van der Waals surface area contributed by atoms with E-state index >= 15 is 0 Å². The average molecular weight is 476 g/mol. The lowest BCUT2D eigenvalue weighted by atomic mass is 10.1. The molecule has 0 atom stereocenters. The monoisotopic (exact) mass is 475 g/mol. The molecule has 9 heteroatoms. The molecule has 0 fully saturated rings. The van der Waals surface area contributed by atoms with Gasteiger partial charge >= 0.3 is 0 Å². The predicted molar refractivity (Wildman–Crippen MR) is 126 cm³/mol. The van der Waals surface area contributed by atoms with Crippen LogP contribution in [0.3, 0.4) is 0 Å². The maximum Gasteiger partial charge on any atom is 0.263 e. The fraction of sp³-hybridized carbons (Fsp3) is 0.318. The number of aromatic nitrogens is 3. The van der Waals surface area contributed by atoms with Crippen LogP contribution in [-0.4, -0.2) is 28.4 Å². The van der Waals surface area contributed by atoms with E-state index in [1.54, 1.807) is 11.7 Å². The first-order valence-electron chi connectivity index (χ1n) is 9.81. The third-order valence-electron chi connectivity index (χ3n) is 5.08. The molecular formula is C22H22ClN3O3S2. The van der Waals surface area contributed by atoms with Crippen LogP contribution in [0.5, 0.6) is 0 Å². The molecule has 0 spiro atoms. The summed E-state index contributed by atoms with van der Waals surface area (Å²) in [5.41, 5.74) is 3.50. The molecule has 3 heterocycles. The van der Waals surface area contributed by atoms with Crippen LogP contribution in [0.1, 0.15) is 23.4 Å². The van der Waals surface area contributed by atoms with E-state index in [9.17, 15) is 4.79 Å². The Balaban J connectivity index is 1.79. The number of ether oxygens (including phenoxy) is 1. The maximum atomic E-state index is 13.6. The SMILES string of the molecule is COCCCn1c(SCc2c(C)noc2C)nc2scc(-c3ccccc3Cl)c2c1=O. The van der Waals surface area contributed by atoms with Gasteiger partial charge in [-0.15, -0.1) is 11.3 Å². The topological polar surface area (TPSA) is 70.2 Å². The number of nitrogens with zero attached hydrogens (tertiary/aromatic N) is 3. The first-order chi connectivity index (χ1) is 15.0. The smallest absolute Gasteiger partial charge is 0.263 e. The molecule has 0 unspecified atom stereocenters. The molecule has 0 aliphatic heterocycles. The minimum absolute atomic E-state index is 0.0569. The van der Waals surface area contributed by atoms with Crippen LogP contribution in [0.4, 0.5) is 0 Å². The Bertz CT molecular complexity index is 1260. The summed E-state index contributed by atoms with van der Waals surface area (Å²) in [6.07, 6.45) is 0.716. The second kappa shape index (κ2) is 9.56. The van der Waals surface area contributed by atoms with Gasteiger partial charge in [0, 0.05) is 53.1 Å². The number of hydrogen-bond acceptors (Lipinski definition) is 7. The lowest BCUT2D eigenvalue weighted by Crippen LogP contribution is -2.24. The van der Waals surface area contributed by atoms with Gasteiger partial charge in [0.05, 0.1) is 11.1 Å². The van der Waals surface area contributed by atoms with Crippen molar-refractivity contribution in [3.8, 4) is 11.1 Å². The van der Waals surface area contributed by atoms with Gasteiger partial charge in [0.15, 0.2) is 5.16 Å². The van der Waals surface area contributed by atoms with E-state index in [1.807, 2.05) is 43.5 Å². The van der Waals surface area contributed by atoms with E-state index in [0.717, 1.165) is 28.1 Å². The molecular weight excluding hydrogens is 454 g/mol. The Morgan fingerprint density at radius 2 is 2.06 bits per heavy atom. The molecule has 0 aliphatic rings. The molecule has 31 heavy (non-hydrogen) atoms. The maximum absolute atomic E-state index is 13.6. The van der Waals surface area contributed by atoms with Crippen molar-refractivity contribution in [2.45, 2.75) is 37.7 Å². The van der Waals surface area contributed by atoms with Gasteiger partial charge in [-0.2, -0.15) is 0 Å². The van der Waals surface area contributed by atoms with Crippen molar-refractivity contribution in [1.82, 2.24) is 14.7 Å². The van der Waals surface area contributed by atoms with Crippen molar-refractivity contribution in [3.63, 3.8) is 0 Å². The Morgan fingerprint density at radius 3 is 2.77 bits per heavy atom. The summed E-state index contributed by atoms with van der Waals surface area (Å²) in [7, 11) is 1.66. The Kier molecular flexibility index (Phi) is 6.81. The molecule has 0 saturated carbocycles. The number of hydrogen-bond donors (Lipinski definition) is 0. The van der Waals surface area contributed by atoms with Gasteiger partial charge in [0.1, 0.15) is 10.6 Å². The van der Waals surface area contributed by atoms with Gasteiger partial charge in [0.2, 0.25) is 0 Å². The van der Waals surface area contributed by atoms with E-state index in [1.165, 1.54) is 23.1 Å². The quantitative estimate of drug-likeness (QED) is 0.184. The lowest BCUT2D eigenvalue weighted by Gasteiger charge is -2.12. The molecule has 0 N–H and O–H groups in total. The van der Waals surface area contributed by atoms with Crippen molar-refractivity contribution in [3.05, 3.63) is 62.0 Å². The van der Waals surface area contributed by atoms with Crippen LogP contribution in [-0.2, 0) is 17.0 Å². The van der Waals surface area contributed by atoms with Crippen LogP contribution in [0, 0.1) is 13.8 Å². The second-order valence-electron chi connectivity index (χ2n) is 7.10. The number of methoxy groups -OCH3 is 1. The Morgan fingerprint density at radius 1 is 1.26 bits per heavy atom. The van der Waals surface area contributed by atoms with E-state index in [-0.39, 0.29) is 5.56 Å². The summed E-state index contributed by atoms with van der Waals surface area (Å²) in [5.74, 6) is 1.42. The molecule has 0 amide bonds. The highest BCUT2D eigenvalue weighted by Gasteiger charge is 2.19. The van der Waals surface area contributed by atoms with Crippen molar-refractivity contribution < 1.29 is 9.26 Å². The minimum Gasteiger partial charge on any atom is -0.385 e. The molecule has 0 radical (unpaired) electrons. The van der Waals surface area contributed by atoms with Crippen LogP contribution in [0.25, 0.3) is 21.3 Å². The van der Waals surface area contributed by atoms with E-state index < -0.39 is 0 Å². The number of aryl methyl sites for hydroxylation is 2. The predicted octanol–water partition coefficient (Wildman–Crippen LogP) is 5.71. The van der Waals surface area contributed by atoms with Gasteiger partial charge in [-0.25, -0.2) is 4.98 Å². The summed E-state index contributed by atoms with van der Waals surface area (Å²) < 4.78 is 12.2. The number of fused-ring (bicyclic) bond motifs is 1. The Labute approximate surface area is 193 Å². The third kappa shape index (κ3) is 4.43. The Hall–Kier alpha value is -2.13. The molecule has 0 saturated heterocycles. The minimum atomic E-state index is -0.0569. The van der Waals surface area contributed by atoms with Crippen LogP contribution in [0.15, 0.2) is 44.1 Å². The molecule has 162 valence electrons. The molecule has 0 aliphatic carbocycles. The highest BCUT2D eigenvalue weighted by atomic mass is 35.5. The second-order valence-corrected chi connectivity index (χ2v) is 9.31. The largest absolute Gasteiger partial charge is 0.385 e. The fourth-order valence-corrected chi connectivity index (χ4v) is 5.80. The lowest BCUT2D eigenvalue weighted by molar-refractivity contribution is 0.189. The zero-order valence-electron chi connectivity index (χ0n) is 17.5. The molecule has 1 aromatic carbocycles. The first-order valence-corrected chi connectivity index (χ1v) is 12.1. The zero-order valence-corrected chi connectivity index (χ0v) is 19.9. The van der Waals surface area contributed by atoms with Gasteiger partial charge in [-0.05, 0) is 26.3 Å². The molecule has 0 bridgehead atoms. The van der Waals surface area contributed by atoms with Crippen LogP contribution >= 0.6 is 34.7 Å². The summed E-state index contributed by atoms with van der Waals surface area (Å²) >= 11 is 9.40. The first kappa shape index (κ1) is 22.1. The zero-order chi connectivity index (χ0) is 22.0. The summed E-state index contributed by atoms with van der Waals surface area (Å²) in [6, 6.07) is 7.56. The number of rotatable bonds is 8. The number of thiophene rings is 1. The van der Waals surface area contributed by atoms with Crippen molar-refractivity contribution >= 4 is 44.9 Å². The van der Waals surface area contributed by atoms with E-state index in [4.69, 9.17) is 25.8 Å². The van der Waals surface area contributed by atoms with Gasteiger partial charge in [-0.1, -0.05) is 46.7 Å². The summed E-state index contributed by atoms with van der Waals surface area (Å²) in [4.78, 5) is 19.2. The molecule has 4 rings (SSSR count). The summed E-state index contributed by atoms with van der Waals surface area (Å²) in [5, 5.41) is 7.89. The summed E-state index contributed by atoms with van der Waals surface area (Å²) in [6.45, 7) is 4.91.